The van der Waals surface area contributed by atoms with Crippen molar-refractivity contribution in [2.45, 2.75) is 38.6 Å². The molecule has 1 amide bonds. The number of hydrogen-bond donors (Lipinski definition) is 2. The summed E-state index contributed by atoms with van der Waals surface area (Å²) in [6.07, 6.45) is -0.196. The van der Waals surface area contributed by atoms with Crippen molar-refractivity contribution in [3.05, 3.63) is 65.2 Å². The molecular weight excluding hydrogens is 330 g/mol. The average Bonchev–Trinajstić information content (AvgIpc) is 2.60. The van der Waals surface area contributed by atoms with Crippen LogP contribution >= 0.6 is 0 Å². The summed E-state index contributed by atoms with van der Waals surface area (Å²) in [5, 5.41) is 12.0. The molecule has 0 radical (unpaired) electrons. The molecule has 0 unspecified atom stereocenters. The van der Waals surface area contributed by atoms with Gasteiger partial charge in [-0.3, -0.25) is 9.59 Å². The van der Waals surface area contributed by atoms with Gasteiger partial charge in [-0.15, -0.1) is 0 Å². The first-order valence-corrected chi connectivity index (χ1v) is 8.48. The molecule has 2 rings (SSSR count). The highest BCUT2D eigenvalue weighted by molar-refractivity contribution is 5.94. The molecule has 5 nitrogen and oxygen atoms in total. The summed E-state index contributed by atoms with van der Waals surface area (Å²) in [6.45, 7) is 6.32. The van der Waals surface area contributed by atoms with Gasteiger partial charge in [0.1, 0.15) is 5.75 Å². The van der Waals surface area contributed by atoms with Crippen molar-refractivity contribution in [1.82, 2.24) is 5.32 Å². The monoisotopic (exact) mass is 355 g/mol. The Balaban J connectivity index is 2.18. The van der Waals surface area contributed by atoms with Crippen molar-refractivity contribution in [3.63, 3.8) is 0 Å². The van der Waals surface area contributed by atoms with Crippen LogP contribution in [0, 0.1) is 0 Å². The number of carbonyl (C=O) groups is 2. The molecule has 0 aliphatic heterocycles. The molecular formula is C21H25NO4. The van der Waals surface area contributed by atoms with E-state index in [1.54, 1.807) is 43.5 Å². The number of amides is 1. The lowest BCUT2D eigenvalue weighted by Crippen LogP contribution is -2.30. The van der Waals surface area contributed by atoms with Crippen LogP contribution in [-0.4, -0.2) is 24.1 Å². The zero-order valence-corrected chi connectivity index (χ0v) is 15.6. The lowest BCUT2D eigenvalue weighted by Gasteiger charge is -2.20. The van der Waals surface area contributed by atoms with Crippen molar-refractivity contribution in [1.29, 1.82) is 0 Å². The highest BCUT2D eigenvalue weighted by atomic mass is 16.5. The Kier molecular flexibility index (Phi) is 6.03. The molecule has 0 heterocycles. The molecule has 0 aliphatic rings. The van der Waals surface area contributed by atoms with Crippen LogP contribution in [0.5, 0.6) is 5.75 Å². The average molecular weight is 355 g/mol. The van der Waals surface area contributed by atoms with Crippen molar-refractivity contribution in [2.75, 3.05) is 7.11 Å². The molecule has 138 valence electrons. The second kappa shape index (κ2) is 8.04. The molecule has 2 aromatic carbocycles. The molecule has 5 heteroatoms. The van der Waals surface area contributed by atoms with Crippen LogP contribution in [0.1, 0.15) is 54.7 Å². The van der Waals surface area contributed by atoms with E-state index in [-0.39, 0.29) is 17.7 Å². The maximum absolute atomic E-state index is 12.6. The zero-order valence-electron chi connectivity index (χ0n) is 15.6. The van der Waals surface area contributed by atoms with E-state index >= 15 is 0 Å². The number of hydrogen-bond acceptors (Lipinski definition) is 3. The molecule has 0 fully saturated rings. The molecule has 0 bridgehead atoms. The minimum atomic E-state index is -0.978. The van der Waals surface area contributed by atoms with E-state index in [1.165, 1.54) is 0 Å². The van der Waals surface area contributed by atoms with Crippen LogP contribution in [0.4, 0.5) is 0 Å². The van der Waals surface area contributed by atoms with Gasteiger partial charge < -0.3 is 15.2 Å². The predicted molar refractivity (Wildman–Crippen MR) is 101 cm³/mol. The van der Waals surface area contributed by atoms with Gasteiger partial charge in [-0.25, -0.2) is 0 Å². The maximum Gasteiger partial charge on any atom is 0.305 e. The third-order valence-corrected chi connectivity index (χ3v) is 4.22. The fraction of sp³-hybridized carbons (Fsp3) is 0.333. The summed E-state index contributed by atoms with van der Waals surface area (Å²) >= 11 is 0. The molecule has 0 spiro atoms. The number of methoxy groups -OCH3 is 1. The van der Waals surface area contributed by atoms with E-state index < -0.39 is 12.0 Å². The number of carbonyl (C=O) groups excluding carboxylic acids is 1. The molecule has 2 aromatic rings. The summed E-state index contributed by atoms with van der Waals surface area (Å²) in [5.74, 6) is -0.603. The molecule has 0 aromatic heterocycles. The molecule has 0 saturated carbocycles. The van der Waals surface area contributed by atoms with Gasteiger partial charge in [-0.2, -0.15) is 0 Å². The summed E-state index contributed by atoms with van der Waals surface area (Å²) in [5.41, 5.74) is 2.35. The first-order valence-electron chi connectivity index (χ1n) is 8.48. The first-order chi connectivity index (χ1) is 12.2. The molecule has 0 aliphatic carbocycles. The number of ether oxygens (including phenoxy) is 1. The van der Waals surface area contributed by atoms with Crippen molar-refractivity contribution < 1.29 is 19.4 Å². The van der Waals surface area contributed by atoms with Gasteiger partial charge in [0, 0.05) is 5.56 Å². The minimum Gasteiger partial charge on any atom is -0.497 e. The Morgan fingerprint density at radius 2 is 1.62 bits per heavy atom. The first kappa shape index (κ1) is 19.5. The Morgan fingerprint density at radius 3 is 2.08 bits per heavy atom. The summed E-state index contributed by atoms with van der Waals surface area (Å²) in [4.78, 5) is 23.8. The van der Waals surface area contributed by atoms with Crippen LogP contribution in [0.2, 0.25) is 0 Å². The van der Waals surface area contributed by atoms with Crippen LogP contribution in [0.15, 0.2) is 48.5 Å². The lowest BCUT2D eigenvalue weighted by atomic mass is 9.86. The summed E-state index contributed by atoms with van der Waals surface area (Å²) < 4.78 is 5.12. The van der Waals surface area contributed by atoms with Gasteiger partial charge in [-0.1, -0.05) is 45.0 Å². The highest BCUT2D eigenvalue weighted by Crippen LogP contribution is 2.23. The molecule has 2 N–H and O–H groups in total. The van der Waals surface area contributed by atoms with Crippen molar-refractivity contribution in [2.24, 2.45) is 0 Å². The lowest BCUT2D eigenvalue weighted by molar-refractivity contribution is -0.137. The van der Waals surface area contributed by atoms with Crippen molar-refractivity contribution in [3.8, 4) is 5.75 Å². The smallest absolute Gasteiger partial charge is 0.305 e. The van der Waals surface area contributed by atoms with Gasteiger partial charge in [0.2, 0.25) is 0 Å². The third-order valence-electron chi connectivity index (χ3n) is 4.22. The molecule has 1 atom stereocenters. The fourth-order valence-corrected chi connectivity index (χ4v) is 2.63. The van der Waals surface area contributed by atoms with Gasteiger partial charge in [0.15, 0.2) is 0 Å². The number of carboxylic acids is 1. The Bertz CT molecular complexity index is 758. The molecule has 0 saturated heterocycles. The number of aliphatic carboxylic acids is 1. The minimum absolute atomic E-state index is 0.00391. The van der Waals surface area contributed by atoms with Crippen LogP contribution in [0.3, 0.4) is 0 Å². The van der Waals surface area contributed by atoms with Crippen molar-refractivity contribution >= 4 is 11.9 Å². The number of rotatable bonds is 6. The van der Waals surface area contributed by atoms with E-state index in [1.807, 2.05) is 12.1 Å². The normalized spacial score (nSPS) is 12.3. The van der Waals surface area contributed by atoms with Gasteiger partial charge in [0.05, 0.1) is 19.6 Å². The van der Waals surface area contributed by atoms with Gasteiger partial charge >= 0.3 is 5.97 Å². The zero-order chi connectivity index (χ0) is 19.3. The fourth-order valence-electron chi connectivity index (χ4n) is 2.63. The number of benzene rings is 2. The van der Waals surface area contributed by atoms with Crippen LogP contribution in [-0.2, 0) is 10.2 Å². The highest BCUT2D eigenvalue weighted by Gasteiger charge is 2.20. The topological polar surface area (TPSA) is 75.6 Å². The second-order valence-electron chi connectivity index (χ2n) is 7.22. The molecule has 26 heavy (non-hydrogen) atoms. The summed E-state index contributed by atoms with van der Waals surface area (Å²) in [6, 6.07) is 13.8. The van der Waals surface area contributed by atoms with E-state index in [4.69, 9.17) is 4.74 Å². The van der Waals surface area contributed by atoms with E-state index in [2.05, 4.69) is 26.1 Å². The van der Waals surface area contributed by atoms with E-state index in [9.17, 15) is 14.7 Å². The quantitative estimate of drug-likeness (QED) is 0.823. The number of nitrogens with one attached hydrogen (secondary N) is 1. The Labute approximate surface area is 154 Å². The maximum atomic E-state index is 12.6. The third kappa shape index (κ3) is 5.09. The second-order valence-corrected chi connectivity index (χ2v) is 7.22. The summed E-state index contributed by atoms with van der Waals surface area (Å²) in [7, 11) is 1.56. The Hall–Kier alpha value is -2.82. The predicted octanol–water partition coefficient (Wildman–Crippen LogP) is 3.94. The number of carboxylic acid groups (broad SMARTS) is 1. The standard InChI is InChI=1S/C21H25NO4/c1-21(2,3)16-9-5-15(6-10-16)20(25)22-18(13-19(23)24)14-7-11-17(26-4)12-8-14/h5-12,18H,13H2,1-4H3,(H,22,25)(H,23,24)/t18-/m1/s1. The Morgan fingerprint density at radius 1 is 1.04 bits per heavy atom. The van der Waals surface area contributed by atoms with Crippen LogP contribution < -0.4 is 10.1 Å². The van der Waals surface area contributed by atoms with Gasteiger partial charge in [0.25, 0.3) is 5.91 Å². The SMILES string of the molecule is COc1ccc([C@@H](CC(=O)O)NC(=O)c2ccc(C(C)(C)C)cc2)cc1. The van der Waals surface area contributed by atoms with E-state index in [0.29, 0.717) is 16.9 Å². The van der Waals surface area contributed by atoms with Gasteiger partial charge in [-0.05, 0) is 40.8 Å². The largest absolute Gasteiger partial charge is 0.497 e. The van der Waals surface area contributed by atoms with E-state index in [0.717, 1.165) is 5.56 Å². The van der Waals surface area contributed by atoms with Crippen LogP contribution in [0.25, 0.3) is 0 Å².